The van der Waals surface area contributed by atoms with E-state index < -0.39 is 6.09 Å². The molecule has 0 fully saturated rings. The van der Waals surface area contributed by atoms with Crippen molar-refractivity contribution in [2.75, 3.05) is 12.3 Å². The van der Waals surface area contributed by atoms with Gasteiger partial charge in [0.05, 0.1) is 17.9 Å². The molecule has 0 saturated carbocycles. The number of carboxylic acid groups (broad SMARTS) is 1. The maximum absolute atomic E-state index is 11.2. The lowest BCUT2D eigenvalue weighted by atomic mass is 10.0. The summed E-state index contributed by atoms with van der Waals surface area (Å²) in [5.74, 6) is 0.557. The van der Waals surface area contributed by atoms with Gasteiger partial charge in [-0.1, -0.05) is 32.0 Å². The van der Waals surface area contributed by atoms with Crippen molar-refractivity contribution in [3.63, 3.8) is 0 Å². The van der Waals surface area contributed by atoms with E-state index in [0.717, 1.165) is 29.8 Å². The van der Waals surface area contributed by atoms with Crippen LogP contribution in [0.3, 0.4) is 0 Å². The van der Waals surface area contributed by atoms with E-state index in [1.165, 1.54) is 16.0 Å². The van der Waals surface area contributed by atoms with Gasteiger partial charge < -0.3 is 15.7 Å². The first-order valence-electron chi connectivity index (χ1n) is 8.02. The Morgan fingerprint density at radius 3 is 2.52 bits per heavy atom. The van der Waals surface area contributed by atoms with Crippen LogP contribution in [0.15, 0.2) is 18.2 Å². The van der Waals surface area contributed by atoms with Crippen LogP contribution in [0.4, 0.5) is 10.6 Å². The normalized spacial score (nSPS) is 13.9. The fraction of sp³-hybridized carbons (Fsp3) is 0.412. The zero-order valence-corrected chi connectivity index (χ0v) is 13.5. The summed E-state index contributed by atoms with van der Waals surface area (Å²) in [4.78, 5) is 12.6. The summed E-state index contributed by atoms with van der Waals surface area (Å²) in [6.45, 7) is 5.01. The van der Waals surface area contributed by atoms with E-state index in [9.17, 15) is 9.90 Å². The number of carbonyl (C=O) groups is 1. The number of fused-ring (bicyclic) bond motifs is 1. The third-order valence-corrected chi connectivity index (χ3v) is 4.52. The fourth-order valence-electron chi connectivity index (χ4n) is 3.22. The summed E-state index contributed by atoms with van der Waals surface area (Å²) in [6, 6.07) is 6.25. The lowest BCUT2D eigenvalue weighted by Crippen LogP contribution is -2.34. The third-order valence-electron chi connectivity index (χ3n) is 4.52. The number of nitrogen functional groups attached to an aromatic ring is 1. The van der Waals surface area contributed by atoms with Crippen molar-refractivity contribution >= 4 is 11.9 Å². The Labute approximate surface area is 135 Å². The van der Waals surface area contributed by atoms with Crippen LogP contribution in [-0.2, 0) is 25.8 Å². The summed E-state index contributed by atoms with van der Waals surface area (Å²) in [6.07, 6.45) is 1.49. The van der Waals surface area contributed by atoms with Gasteiger partial charge in [-0.05, 0) is 24.0 Å². The maximum Gasteiger partial charge on any atom is 0.407 e. The van der Waals surface area contributed by atoms with E-state index >= 15 is 0 Å². The largest absolute Gasteiger partial charge is 0.465 e. The molecule has 1 aliphatic rings. The van der Waals surface area contributed by atoms with Crippen molar-refractivity contribution in [3.05, 3.63) is 40.6 Å². The highest BCUT2D eigenvalue weighted by Gasteiger charge is 2.27. The molecule has 122 valence electrons. The van der Waals surface area contributed by atoms with Crippen molar-refractivity contribution in [2.24, 2.45) is 0 Å². The summed E-state index contributed by atoms with van der Waals surface area (Å²) in [5, 5.41) is 13.9. The molecule has 2 aromatic rings. The van der Waals surface area contributed by atoms with Gasteiger partial charge in [0, 0.05) is 18.5 Å². The van der Waals surface area contributed by atoms with E-state index in [2.05, 4.69) is 32.0 Å². The molecular formula is C17H22N4O2. The second-order valence-corrected chi connectivity index (χ2v) is 5.81. The van der Waals surface area contributed by atoms with Crippen molar-refractivity contribution in [1.29, 1.82) is 0 Å². The summed E-state index contributed by atoms with van der Waals surface area (Å²) in [7, 11) is 0. The van der Waals surface area contributed by atoms with Crippen molar-refractivity contribution < 1.29 is 9.90 Å². The van der Waals surface area contributed by atoms with Gasteiger partial charge >= 0.3 is 6.09 Å². The zero-order chi connectivity index (χ0) is 16.6. The van der Waals surface area contributed by atoms with E-state index in [1.54, 1.807) is 0 Å². The van der Waals surface area contributed by atoms with Crippen LogP contribution >= 0.6 is 0 Å². The van der Waals surface area contributed by atoms with Crippen molar-refractivity contribution in [2.45, 2.75) is 39.7 Å². The molecule has 1 amide bonds. The van der Waals surface area contributed by atoms with Crippen LogP contribution in [-0.4, -0.2) is 32.4 Å². The van der Waals surface area contributed by atoms with E-state index in [1.807, 2.05) is 4.68 Å². The van der Waals surface area contributed by atoms with Crippen LogP contribution in [0.1, 0.15) is 36.2 Å². The van der Waals surface area contributed by atoms with E-state index in [0.29, 0.717) is 25.3 Å². The van der Waals surface area contributed by atoms with Gasteiger partial charge in [-0.3, -0.25) is 0 Å². The first kappa shape index (κ1) is 15.4. The second kappa shape index (κ2) is 5.95. The minimum absolute atomic E-state index is 0.312. The predicted molar refractivity (Wildman–Crippen MR) is 88.9 cm³/mol. The van der Waals surface area contributed by atoms with Gasteiger partial charge in [0.15, 0.2) is 0 Å². The summed E-state index contributed by atoms with van der Waals surface area (Å²) >= 11 is 0. The Kier molecular flexibility index (Phi) is 3.98. The Morgan fingerprint density at radius 2 is 1.96 bits per heavy atom. The molecule has 0 bridgehead atoms. The molecule has 0 aliphatic carbocycles. The predicted octanol–water partition coefficient (Wildman–Crippen LogP) is 2.62. The molecule has 1 aromatic heterocycles. The Balaban J connectivity index is 2.12. The molecule has 0 saturated heterocycles. The number of para-hydroxylation sites is 1. The number of hydrogen-bond donors (Lipinski definition) is 2. The highest BCUT2D eigenvalue weighted by atomic mass is 16.4. The fourth-order valence-corrected chi connectivity index (χ4v) is 3.22. The molecule has 6 nitrogen and oxygen atoms in total. The van der Waals surface area contributed by atoms with Gasteiger partial charge in [-0.2, -0.15) is 5.10 Å². The number of aromatic nitrogens is 2. The molecule has 2 heterocycles. The van der Waals surface area contributed by atoms with E-state index in [4.69, 9.17) is 10.8 Å². The Bertz CT molecular complexity index is 729. The molecule has 0 spiro atoms. The van der Waals surface area contributed by atoms with Crippen molar-refractivity contribution in [1.82, 2.24) is 14.7 Å². The van der Waals surface area contributed by atoms with Gasteiger partial charge in [0.2, 0.25) is 0 Å². The van der Waals surface area contributed by atoms with Crippen LogP contribution < -0.4 is 5.73 Å². The standard InChI is InChI=1S/C17H22N4O2/c1-3-11-6-5-7-12(4-2)15(11)21-16(18)13-10-20(17(22)23)9-8-14(13)19-21/h5-7H,3-4,8-10,18H2,1-2H3,(H,22,23). The average Bonchev–Trinajstić information content (AvgIpc) is 2.90. The minimum atomic E-state index is -0.911. The zero-order valence-electron chi connectivity index (χ0n) is 13.5. The molecular weight excluding hydrogens is 292 g/mol. The number of nitrogens with zero attached hydrogens (tertiary/aromatic N) is 3. The smallest absolute Gasteiger partial charge is 0.407 e. The van der Waals surface area contributed by atoms with Gasteiger partial charge in [-0.25, -0.2) is 9.48 Å². The lowest BCUT2D eigenvalue weighted by Gasteiger charge is -2.23. The number of nitrogens with two attached hydrogens (primary N) is 1. The molecule has 3 N–H and O–H groups in total. The van der Waals surface area contributed by atoms with E-state index in [-0.39, 0.29) is 0 Å². The molecule has 0 atom stereocenters. The summed E-state index contributed by atoms with van der Waals surface area (Å²) < 4.78 is 1.81. The number of anilines is 1. The maximum atomic E-state index is 11.2. The molecule has 0 unspecified atom stereocenters. The number of hydrogen-bond acceptors (Lipinski definition) is 3. The highest BCUT2D eigenvalue weighted by Crippen LogP contribution is 2.30. The topological polar surface area (TPSA) is 84.4 Å². The molecule has 0 radical (unpaired) electrons. The molecule has 23 heavy (non-hydrogen) atoms. The highest BCUT2D eigenvalue weighted by molar-refractivity contribution is 5.66. The molecule has 6 heteroatoms. The monoisotopic (exact) mass is 314 g/mol. The number of amides is 1. The Morgan fingerprint density at radius 1 is 1.30 bits per heavy atom. The van der Waals surface area contributed by atoms with Gasteiger partial charge in [0.25, 0.3) is 0 Å². The van der Waals surface area contributed by atoms with Crippen LogP contribution in [0.2, 0.25) is 0 Å². The lowest BCUT2D eigenvalue weighted by molar-refractivity contribution is 0.140. The first-order valence-corrected chi connectivity index (χ1v) is 8.02. The third kappa shape index (κ3) is 2.54. The number of aryl methyl sites for hydroxylation is 2. The average molecular weight is 314 g/mol. The SMILES string of the molecule is CCc1cccc(CC)c1-n1nc2c(c1N)CN(C(=O)O)CC2. The molecule has 1 aliphatic heterocycles. The van der Waals surface area contributed by atoms with Crippen LogP contribution in [0.5, 0.6) is 0 Å². The number of benzene rings is 1. The Hall–Kier alpha value is -2.50. The minimum Gasteiger partial charge on any atom is -0.465 e. The van der Waals surface area contributed by atoms with Crippen molar-refractivity contribution in [3.8, 4) is 5.69 Å². The van der Waals surface area contributed by atoms with Gasteiger partial charge in [-0.15, -0.1) is 0 Å². The van der Waals surface area contributed by atoms with Gasteiger partial charge in [0.1, 0.15) is 5.82 Å². The van der Waals surface area contributed by atoms with Crippen LogP contribution in [0, 0.1) is 0 Å². The quantitative estimate of drug-likeness (QED) is 0.912. The summed E-state index contributed by atoms with van der Waals surface area (Å²) in [5.41, 5.74) is 11.5. The number of rotatable bonds is 3. The molecule has 1 aromatic carbocycles. The molecule has 3 rings (SSSR count). The second-order valence-electron chi connectivity index (χ2n) is 5.81. The first-order chi connectivity index (χ1) is 11.1. The van der Waals surface area contributed by atoms with Crippen LogP contribution in [0.25, 0.3) is 5.69 Å².